The van der Waals surface area contributed by atoms with E-state index in [0.29, 0.717) is 17.2 Å². The Hall–Kier alpha value is -3.23. The van der Waals surface area contributed by atoms with Gasteiger partial charge in [0.2, 0.25) is 0 Å². The molecule has 1 amide bonds. The predicted octanol–water partition coefficient (Wildman–Crippen LogP) is 4.36. The highest BCUT2D eigenvalue weighted by atomic mass is 35.5. The van der Waals surface area contributed by atoms with Crippen molar-refractivity contribution in [1.82, 2.24) is 15.4 Å². The SMILES string of the molecule is Cl.Cl.O=C(/C=C/c1ccc(N[C@@H]2CCN(Cc3ccc(C(=O)c4ccccc4)cc3)C2)nc1)NO. The number of anilines is 1. The maximum absolute atomic E-state index is 12.6. The van der Waals surface area contributed by atoms with Crippen LogP contribution in [0.3, 0.4) is 0 Å². The van der Waals surface area contributed by atoms with Gasteiger partial charge in [0.25, 0.3) is 5.91 Å². The van der Waals surface area contributed by atoms with Gasteiger partial charge in [-0.15, -0.1) is 24.8 Å². The Morgan fingerprint density at radius 1 is 1.00 bits per heavy atom. The highest BCUT2D eigenvalue weighted by Gasteiger charge is 2.22. The summed E-state index contributed by atoms with van der Waals surface area (Å²) in [5.74, 6) is 0.244. The van der Waals surface area contributed by atoms with Gasteiger partial charge >= 0.3 is 0 Å². The van der Waals surface area contributed by atoms with Gasteiger partial charge in [0.1, 0.15) is 5.82 Å². The van der Waals surface area contributed by atoms with E-state index in [-0.39, 0.29) is 30.6 Å². The summed E-state index contributed by atoms with van der Waals surface area (Å²) < 4.78 is 0. The molecule has 1 saturated heterocycles. The topological polar surface area (TPSA) is 94.6 Å². The zero-order valence-electron chi connectivity index (χ0n) is 19.0. The normalized spacial score (nSPS) is 15.2. The Balaban J connectivity index is 0.00000216. The summed E-state index contributed by atoms with van der Waals surface area (Å²) in [6.07, 6.45) is 5.51. The molecule has 3 N–H and O–H groups in total. The van der Waals surface area contributed by atoms with E-state index in [9.17, 15) is 9.59 Å². The van der Waals surface area contributed by atoms with E-state index in [2.05, 4.69) is 15.2 Å². The molecule has 4 rings (SSSR count). The third-order valence-electron chi connectivity index (χ3n) is 5.61. The lowest BCUT2D eigenvalue weighted by atomic mass is 10.0. The smallest absolute Gasteiger partial charge is 0.267 e. The lowest BCUT2D eigenvalue weighted by Crippen LogP contribution is -2.26. The molecule has 1 fully saturated rings. The Bertz CT molecular complexity index is 1120. The van der Waals surface area contributed by atoms with Crippen molar-refractivity contribution in [2.45, 2.75) is 19.0 Å². The largest absolute Gasteiger partial charge is 0.366 e. The van der Waals surface area contributed by atoms with Crippen LogP contribution in [0.15, 0.2) is 79.0 Å². The number of nitrogens with zero attached hydrogens (tertiary/aromatic N) is 2. The van der Waals surface area contributed by atoms with Crippen LogP contribution in [0.2, 0.25) is 0 Å². The van der Waals surface area contributed by atoms with Crippen LogP contribution in [0.25, 0.3) is 6.08 Å². The number of hydrogen-bond donors (Lipinski definition) is 3. The summed E-state index contributed by atoms with van der Waals surface area (Å²) in [5, 5.41) is 12.0. The number of halogens is 2. The third kappa shape index (κ3) is 7.90. The second kappa shape index (κ2) is 13.6. The number of pyridine rings is 1. The van der Waals surface area contributed by atoms with Crippen LogP contribution in [0, 0.1) is 0 Å². The molecule has 0 saturated carbocycles. The fraction of sp³-hybridized carbons (Fsp3) is 0.192. The number of carbonyl (C=O) groups excluding carboxylic acids is 2. The van der Waals surface area contributed by atoms with Crippen LogP contribution in [0.4, 0.5) is 5.82 Å². The highest BCUT2D eigenvalue weighted by molar-refractivity contribution is 6.08. The molecule has 0 unspecified atom stereocenters. The number of benzene rings is 2. The van der Waals surface area contributed by atoms with E-state index in [0.717, 1.165) is 37.4 Å². The molecule has 0 spiro atoms. The summed E-state index contributed by atoms with van der Waals surface area (Å²) >= 11 is 0. The minimum Gasteiger partial charge on any atom is -0.366 e. The zero-order chi connectivity index (χ0) is 23.0. The molecule has 0 bridgehead atoms. The number of carbonyl (C=O) groups is 2. The number of likely N-dealkylation sites (tertiary alicyclic amines) is 1. The molecule has 9 heteroatoms. The molecular formula is C26H28Cl2N4O3. The fourth-order valence-corrected chi connectivity index (χ4v) is 3.88. The molecule has 1 aromatic heterocycles. The summed E-state index contributed by atoms with van der Waals surface area (Å²) in [6.45, 7) is 2.73. The first kappa shape index (κ1) is 28.0. The van der Waals surface area contributed by atoms with Gasteiger partial charge in [-0.1, -0.05) is 54.6 Å². The Kier molecular flexibility index (Phi) is 10.9. The number of rotatable bonds is 8. The van der Waals surface area contributed by atoms with E-state index >= 15 is 0 Å². The number of ketones is 1. The van der Waals surface area contributed by atoms with Gasteiger partial charge in [-0.25, -0.2) is 10.5 Å². The standard InChI is InChI=1S/C26H26N4O3.2ClH/c31-25(29-33)13-9-19-8-12-24(27-16-19)28-23-14-15-30(18-23)17-20-6-10-22(11-7-20)26(32)21-4-2-1-3-5-21;;/h1-13,16,23,33H,14-15,17-18H2,(H,27,28)(H,29,31);2*1H/b13-9+;;/t23-;;/m1../s1. The first-order valence-electron chi connectivity index (χ1n) is 10.9. The van der Waals surface area contributed by atoms with E-state index in [1.54, 1.807) is 17.8 Å². The van der Waals surface area contributed by atoms with E-state index < -0.39 is 5.91 Å². The van der Waals surface area contributed by atoms with Crippen molar-refractivity contribution in [2.75, 3.05) is 18.4 Å². The van der Waals surface area contributed by atoms with Crippen molar-refractivity contribution in [3.8, 4) is 0 Å². The Morgan fingerprint density at radius 3 is 2.37 bits per heavy atom. The van der Waals surface area contributed by atoms with Crippen LogP contribution in [0.5, 0.6) is 0 Å². The molecule has 0 radical (unpaired) electrons. The molecule has 2 heterocycles. The molecular weight excluding hydrogens is 487 g/mol. The van der Waals surface area contributed by atoms with E-state index in [4.69, 9.17) is 5.21 Å². The molecule has 1 aliphatic heterocycles. The summed E-state index contributed by atoms with van der Waals surface area (Å²) in [4.78, 5) is 30.4. The minimum atomic E-state index is -0.583. The number of amides is 1. The van der Waals surface area contributed by atoms with Gasteiger partial charge in [-0.3, -0.25) is 19.7 Å². The molecule has 35 heavy (non-hydrogen) atoms. The maximum atomic E-state index is 12.6. The lowest BCUT2D eigenvalue weighted by Gasteiger charge is -2.17. The third-order valence-corrected chi connectivity index (χ3v) is 5.61. The maximum Gasteiger partial charge on any atom is 0.267 e. The molecule has 1 atom stereocenters. The van der Waals surface area contributed by atoms with Crippen molar-refractivity contribution in [3.63, 3.8) is 0 Å². The number of hydroxylamine groups is 1. The van der Waals surface area contributed by atoms with Gasteiger partial charge in [-0.2, -0.15) is 0 Å². The molecule has 184 valence electrons. The first-order valence-corrected chi connectivity index (χ1v) is 10.9. The van der Waals surface area contributed by atoms with Crippen molar-refractivity contribution >= 4 is 48.4 Å². The van der Waals surface area contributed by atoms with Crippen molar-refractivity contribution < 1.29 is 14.8 Å². The summed E-state index contributed by atoms with van der Waals surface area (Å²) in [7, 11) is 0. The quantitative estimate of drug-likeness (QED) is 0.179. The van der Waals surface area contributed by atoms with Crippen LogP contribution < -0.4 is 10.8 Å². The average molecular weight is 515 g/mol. The monoisotopic (exact) mass is 514 g/mol. The summed E-state index contributed by atoms with van der Waals surface area (Å²) in [5.41, 5.74) is 4.91. The average Bonchev–Trinajstić information content (AvgIpc) is 3.30. The van der Waals surface area contributed by atoms with E-state index in [1.165, 1.54) is 11.6 Å². The first-order chi connectivity index (χ1) is 16.1. The highest BCUT2D eigenvalue weighted by Crippen LogP contribution is 2.18. The summed E-state index contributed by atoms with van der Waals surface area (Å²) in [6, 6.07) is 21.2. The van der Waals surface area contributed by atoms with Crippen LogP contribution in [-0.2, 0) is 11.3 Å². The lowest BCUT2D eigenvalue weighted by molar-refractivity contribution is -0.124. The number of nitrogens with one attached hydrogen (secondary N) is 2. The second-order valence-corrected chi connectivity index (χ2v) is 8.04. The molecule has 1 aliphatic rings. The molecule has 2 aromatic carbocycles. The van der Waals surface area contributed by atoms with Gasteiger partial charge < -0.3 is 5.32 Å². The molecule has 7 nitrogen and oxygen atoms in total. The molecule has 0 aliphatic carbocycles. The van der Waals surface area contributed by atoms with Crippen molar-refractivity contribution in [2.24, 2.45) is 0 Å². The van der Waals surface area contributed by atoms with Crippen molar-refractivity contribution in [3.05, 3.63) is 101 Å². The van der Waals surface area contributed by atoms with Crippen LogP contribution in [0.1, 0.15) is 33.5 Å². The fourth-order valence-electron chi connectivity index (χ4n) is 3.88. The van der Waals surface area contributed by atoms with Gasteiger partial charge in [-0.05, 0) is 35.8 Å². The number of aromatic nitrogens is 1. The zero-order valence-corrected chi connectivity index (χ0v) is 20.6. The Morgan fingerprint density at radius 2 is 1.71 bits per heavy atom. The molecule has 3 aromatic rings. The van der Waals surface area contributed by atoms with Crippen LogP contribution >= 0.6 is 24.8 Å². The van der Waals surface area contributed by atoms with Gasteiger partial charge in [0.15, 0.2) is 5.78 Å². The van der Waals surface area contributed by atoms with Gasteiger partial charge in [0.05, 0.1) is 0 Å². The van der Waals surface area contributed by atoms with Crippen molar-refractivity contribution in [1.29, 1.82) is 0 Å². The Labute approximate surface area is 217 Å². The second-order valence-electron chi connectivity index (χ2n) is 8.04. The van der Waals surface area contributed by atoms with Crippen LogP contribution in [-0.4, -0.2) is 45.9 Å². The predicted molar refractivity (Wildman–Crippen MR) is 141 cm³/mol. The minimum absolute atomic E-state index is 0. The van der Waals surface area contributed by atoms with Gasteiger partial charge in [0, 0.05) is 49.1 Å². The van der Waals surface area contributed by atoms with E-state index in [1.807, 2.05) is 66.7 Å². The number of hydrogen-bond acceptors (Lipinski definition) is 6.